The van der Waals surface area contributed by atoms with Crippen molar-refractivity contribution in [3.8, 4) is 5.75 Å². The van der Waals surface area contributed by atoms with E-state index in [0.29, 0.717) is 35.5 Å². The molecule has 0 aliphatic heterocycles. The molecule has 0 bridgehead atoms. The van der Waals surface area contributed by atoms with Gasteiger partial charge in [-0.15, -0.1) is 0 Å². The van der Waals surface area contributed by atoms with Gasteiger partial charge in [0.2, 0.25) is 0 Å². The topological polar surface area (TPSA) is 93.5 Å². The van der Waals surface area contributed by atoms with Crippen molar-refractivity contribution in [1.29, 1.82) is 0 Å². The summed E-state index contributed by atoms with van der Waals surface area (Å²) in [6.07, 6.45) is 4.22. The molecule has 148 valence electrons. The second kappa shape index (κ2) is 8.52. The molecule has 2 aromatic carbocycles. The van der Waals surface area contributed by atoms with E-state index in [1.807, 2.05) is 30.3 Å². The van der Waals surface area contributed by atoms with Crippen molar-refractivity contribution >= 4 is 35.3 Å². The van der Waals surface area contributed by atoms with Crippen molar-refractivity contribution < 1.29 is 14.5 Å². The number of para-hydroxylation sites is 1. The predicted molar refractivity (Wildman–Crippen MR) is 111 cm³/mol. The summed E-state index contributed by atoms with van der Waals surface area (Å²) in [7, 11) is 3.24. The molecule has 0 aromatic heterocycles. The smallest absolute Gasteiger partial charge is 0.294 e. The van der Waals surface area contributed by atoms with Gasteiger partial charge in [-0.25, -0.2) is 0 Å². The number of carbonyl (C=O) groups is 1. The lowest BCUT2D eigenvalue weighted by Crippen LogP contribution is -2.25. The summed E-state index contributed by atoms with van der Waals surface area (Å²) in [6.45, 7) is 0. The number of methoxy groups -OCH3 is 1. The maximum Gasteiger partial charge on any atom is 0.294 e. The number of carbonyl (C=O) groups excluding carboxylic acids is 1. The van der Waals surface area contributed by atoms with Crippen molar-refractivity contribution in [2.75, 3.05) is 24.2 Å². The lowest BCUT2D eigenvalue weighted by atomic mass is 9.79. The van der Waals surface area contributed by atoms with Crippen LogP contribution in [0.4, 0.5) is 17.1 Å². The lowest BCUT2D eigenvalue weighted by Gasteiger charge is -2.26. The molecule has 0 spiro atoms. The molecule has 2 N–H and O–H groups in total. The number of nitro benzene ring substituents is 1. The zero-order valence-corrected chi connectivity index (χ0v) is 16.7. The van der Waals surface area contributed by atoms with E-state index in [4.69, 9.17) is 4.74 Å². The minimum atomic E-state index is -0.685. The summed E-state index contributed by atoms with van der Waals surface area (Å²) in [5, 5.41) is 14.6. The van der Waals surface area contributed by atoms with E-state index in [1.54, 1.807) is 14.2 Å². The number of hydrogen-bond donors (Lipinski definition) is 2. The van der Waals surface area contributed by atoms with E-state index in [1.165, 1.54) is 18.0 Å². The molecule has 1 fully saturated rings. The van der Waals surface area contributed by atoms with Crippen LogP contribution in [0, 0.1) is 10.1 Å². The number of nitro groups is 1. The maximum absolute atomic E-state index is 12.0. The standard InChI is InChI=1S/C20H23N3O4S/c1-21-19-15(20(13-24)9-5-6-10-20)11-14(12-16(19)23(25)26)22-28-18-8-4-3-7-17(18)27-2/h3-4,7-8,11-13,21-22H,5-6,9-10H2,1-2H3. The van der Waals surface area contributed by atoms with E-state index < -0.39 is 10.3 Å². The van der Waals surface area contributed by atoms with E-state index in [9.17, 15) is 14.9 Å². The van der Waals surface area contributed by atoms with E-state index in [-0.39, 0.29) is 5.69 Å². The second-order valence-corrected chi connectivity index (χ2v) is 7.61. The van der Waals surface area contributed by atoms with E-state index >= 15 is 0 Å². The van der Waals surface area contributed by atoms with Gasteiger partial charge in [-0.1, -0.05) is 25.0 Å². The molecule has 8 heteroatoms. The normalized spacial score (nSPS) is 15.1. The average Bonchev–Trinajstić information content (AvgIpc) is 3.21. The number of aldehydes is 1. The molecule has 1 saturated carbocycles. The van der Waals surface area contributed by atoms with Gasteiger partial charge in [-0.3, -0.25) is 10.1 Å². The first-order valence-electron chi connectivity index (χ1n) is 9.07. The summed E-state index contributed by atoms with van der Waals surface area (Å²) in [5.41, 5.74) is 0.934. The third kappa shape index (κ3) is 3.77. The lowest BCUT2D eigenvalue weighted by molar-refractivity contribution is -0.383. The number of anilines is 2. The molecule has 0 atom stereocenters. The number of hydrogen-bond acceptors (Lipinski definition) is 7. The van der Waals surface area contributed by atoms with Gasteiger partial charge in [-0.05, 0) is 48.6 Å². The number of rotatable bonds is 8. The summed E-state index contributed by atoms with van der Waals surface area (Å²) in [4.78, 5) is 24.1. The van der Waals surface area contributed by atoms with Crippen LogP contribution in [0.1, 0.15) is 31.2 Å². The molecule has 0 radical (unpaired) electrons. The van der Waals surface area contributed by atoms with Crippen LogP contribution >= 0.6 is 11.9 Å². The molecule has 1 aliphatic carbocycles. The minimum Gasteiger partial charge on any atom is -0.496 e. The summed E-state index contributed by atoms with van der Waals surface area (Å²) in [5.74, 6) is 0.710. The van der Waals surface area contributed by atoms with Crippen LogP contribution in [-0.2, 0) is 10.2 Å². The highest BCUT2D eigenvalue weighted by atomic mass is 32.2. The van der Waals surface area contributed by atoms with E-state index in [0.717, 1.165) is 24.0 Å². The van der Waals surface area contributed by atoms with Crippen LogP contribution in [0.5, 0.6) is 5.75 Å². The van der Waals surface area contributed by atoms with Crippen LogP contribution in [0.2, 0.25) is 0 Å². The van der Waals surface area contributed by atoms with Crippen LogP contribution in [0.25, 0.3) is 0 Å². The van der Waals surface area contributed by atoms with Crippen molar-refractivity contribution in [2.24, 2.45) is 0 Å². The van der Waals surface area contributed by atoms with Gasteiger partial charge in [0, 0.05) is 13.1 Å². The quantitative estimate of drug-likeness (QED) is 0.285. The molecular formula is C20H23N3O4S. The van der Waals surface area contributed by atoms with Crippen LogP contribution in [0.3, 0.4) is 0 Å². The summed E-state index contributed by atoms with van der Waals surface area (Å²) < 4.78 is 8.52. The van der Waals surface area contributed by atoms with Crippen LogP contribution in [0.15, 0.2) is 41.3 Å². The highest BCUT2D eigenvalue weighted by molar-refractivity contribution is 8.00. The van der Waals surface area contributed by atoms with Gasteiger partial charge in [0.1, 0.15) is 17.7 Å². The fraction of sp³-hybridized carbons (Fsp3) is 0.350. The Morgan fingerprint density at radius 2 is 1.96 bits per heavy atom. The second-order valence-electron chi connectivity index (χ2n) is 6.76. The number of nitrogens with one attached hydrogen (secondary N) is 2. The molecule has 28 heavy (non-hydrogen) atoms. The molecule has 7 nitrogen and oxygen atoms in total. The molecule has 0 saturated heterocycles. The molecule has 0 unspecified atom stereocenters. The van der Waals surface area contributed by atoms with E-state index in [2.05, 4.69) is 10.0 Å². The van der Waals surface area contributed by atoms with Gasteiger partial charge in [-0.2, -0.15) is 0 Å². The maximum atomic E-state index is 12.0. The highest BCUT2D eigenvalue weighted by Crippen LogP contribution is 2.47. The van der Waals surface area contributed by atoms with Crippen molar-refractivity contribution in [3.05, 3.63) is 52.1 Å². The Balaban J connectivity index is 2.02. The predicted octanol–water partition coefficient (Wildman–Crippen LogP) is 4.78. The number of nitrogens with zero attached hydrogens (tertiary/aromatic N) is 1. The Morgan fingerprint density at radius 1 is 1.25 bits per heavy atom. The van der Waals surface area contributed by atoms with Gasteiger partial charge < -0.3 is 19.6 Å². The van der Waals surface area contributed by atoms with Crippen molar-refractivity contribution in [2.45, 2.75) is 36.0 Å². The Labute approximate surface area is 168 Å². The number of benzene rings is 2. The Bertz CT molecular complexity index is 882. The minimum absolute atomic E-state index is 0.0451. The van der Waals surface area contributed by atoms with Crippen LogP contribution < -0.4 is 14.8 Å². The Hall–Kier alpha value is -2.74. The van der Waals surface area contributed by atoms with Gasteiger partial charge in [0.05, 0.1) is 28.0 Å². The average molecular weight is 401 g/mol. The SMILES string of the molecule is CNc1c([N+](=O)[O-])cc(NSc2ccccc2OC)cc1C1(C=O)CCCC1. The highest BCUT2D eigenvalue weighted by Gasteiger charge is 2.39. The molecule has 1 aliphatic rings. The Kier molecular flexibility index (Phi) is 6.08. The zero-order valence-electron chi connectivity index (χ0n) is 15.9. The monoisotopic (exact) mass is 401 g/mol. The first kappa shape index (κ1) is 20.0. The van der Waals surface area contributed by atoms with Gasteiger partial charge in [0.25, 0.3) is 5.69 Å². The Morgan fingerprint density at radius 3 is 2.57 bits per heavy atom. The number of ether oxygens (including phenoxy) is 1. The van der Waals surface area contributed by atoms with Gasteiger partial charge in [0.15, 0.2) is 0 Å². The van der Waals surface area contributed by atoms with Crippen LogP contribution in [-0.4, -0.2) is 25.4 Å². The van der Waals surface area contributed by atoms with Gasteiger partial charge >= 0.3 is 0 Å². The first-order chi connectivity index (χ1) is 13.5. The third-order valence-corrected chi connectivity index (χ3v) is 6.06. The largest absolute Gasteiger partial charge is 0.496 e. The fourth-order valence-electron chi connectivity index (χ4n) is 3.76. The zero-order chi connectivity index (χ0) is 20.1. The van der Waals surface area contributed by atoms with Crippen molar-refractivity contribution in [3.63, 3.8) is 0 Å². The fourth-order valence-corrected chi connectivity index (χ4v) is 4.50. The summed E-state index contributed by atoms with van der Waals surface area (Å²) >= 11 is 1.31. The summed E-state index contributed by atoms with van der Waals surface area (Å²) in [6, 6.07) is 10.9. The third-order valence-electron chi connectivity index (χ3n) is 5.17. The molecule has 2 aromatic rings. The first-order valence-corrected chi connectivity index (χ1v) is 9.89. The van der Waals surface area contributed by atoms with Crippen molar-refractivity contribution in [1.82, 2.24) is 0 Å². The molecular weight excluding hydrogens is 378 g/mol. The molecule has 0 amide bonds. The molecule has 0 heterocycles. The molecule has 3 rings (SSSR count).